The number of ether oxygens (including phenoxy) is 2. The zero-order valence-corrected chi connectivity index (χ0v) is 17.3. The van der Waals surface area contributed by atoms with Crippen LogP contribution in [0.2, 0.25) is 0 Å². The molecule has 2 aromatic rings. The van der Waals surface area contributed by atoms with Gasteiger partial charge in [-0.05, 0) is 52.7 Å². The minimum atomic E-state index is -0.343. The molecule has 0 heterocycles. The molecule has 0 aliphatic rings. The Morgan fingerprint density at radius 1 is 1.11 bits per heavy atom. The quantitative estimate of drug-likeness (QED) is 0.573. The summed E-state index contributed by atoms with van der Waals surface area (Å²) in [6, 6.07) is 8.99. The third-order valence-electron chi connectivity index (χ3n) is 3.79. The first-order valence-electron chi connectivity index (χ1n) is 8.74. The molecule has 150 valence electrons. The van der Waals surface area contributed by atoms with Crippen LogP contribution in [0.3, 0.4) is 0 Å². The number of nitrogens with one attached hydrogen (secondary N) is 2. The third kappa shape index (κ3) is 6.23. The number of carbonyl (C=O) groups excluding carboxylic acids is 2. The first kappa shape index (κ1) is 21.7. The lowest BCUT2D eigenvalue weighted by atomic mass is 10.1. The summed E-state index contributed by atoms with van der Waals surface area (Å²) in [5, 5.41) is 5.45. The molecular formula is C20H22BrFN2O4. The predicted octanol–water partition coefficient (Wildman–Crippen LogP) is 3.08. The Labute approximate surface area is 171 Å². The van der Waals surface area contributed by atoms with Gasteiger partial charge in [-0.15, -0.1) is 0 Å². The normalized spacial score (nSPS) is 10.3. The van der Waals surface area contributed by atoms with Crippen molar-refractivity contribution in [1.82, 2.24) is 10.6 Å². The summed E-state index contributed by atoms with van der Waals surface area (Å²) in [6.07, 6.45) is 0.150. The molecule has 2 aromatic carbocycles. The lowest BCUT2D eigenvalue weighted by Gasteiger charge is -2.13. The highest BCUT2D eigenvalue weighted by Crippen LogP contribution is 2.36. The number of methoxy groups -OCH3 is 1. The van der Waals surface area contributed by atoms with E-state index in [0.717, 1.165) is 0 Å². The summed E-state index contributed by atoms with van der Waals surface area (Å²) in [5.41, 5.74) is 1.12. The van der Waals surface area contributed by atoms with Gasteiger partial charge in [0.1, 0.15) is 5.82 Å². The largest absolute Gasteiger partial charge is 0.493 e. The monoisotopic (exact) mass is 452 g/mol. The van der Waals surface area contributed by atoms with E-state index in [1.807, 2.05) is 6.92 Å². The summed E-state index contributed by atoms with van der Waals surface area (Å²) >= 11 is 3.38. The number of amides is 2. The Bertz CT molecular complexity index is 828. The van der Waals surface area contributed by atoms with E-state index in [-0.39, 0.29) is 37.1 Å². The van der Waals surface area contributed by atoms with Crippen molar-refractivity contribution in [2.45, 2.75) is 13.3 Å². The molecule has 0 saturated carbocycles. The van der Waals surface area contributed by atoms with E-state index >= 15 is 0 Å². The predicted molar refractivity (Wildman–Crippen MR) is 107 cm³/mol. The van der Waals surface area contributed by atoms with Crippen molar-refractivity contribution in [1.29, 1.82) is 0 Å². The second-order valence-corrected chi connectivity index (χ2v) is 6.69. The second-order valence-electron chi connectivity index (χ2n) is 5.83. The molecule has 0 unspecified atom stereocenters. The van der Waals surface area contributed by atoms with Crippen LogP contribution in [0.25, 0.3) is 0 Å². The molecule has 2 rings (SSSR count). The summed E-state index contributed by atoms with van der Waals surface area (Å²) in [6.45, 7) is 2.87. The lowest BCUT2D eigenvalue weighted by Crippen LogP contribution is -2.35. The Kier molecular flexibility index (Phi) is 8.25. The molecule has 2 amide bonds. The van der Waals surface area contributed by atoms with E-state index in [2.05, 4.69) is 26.6 Å². The first-order chi connectivity index (χ1) is 13.4. The molecule has 0 radical (unpaired) electrons. The summed E-state index contributed by atoms with van der Waals surface area (Å²) in [4.78, 5) is 24.2. The minimum absolute atomic E-state index is 0.150. The maximum atomic E-state index is 12.9. The molecule has 0 aromatic heterocycles. The minimum Gasteiger partial charge on any atom is -0.493 e. The second kappa shape index (κ2) is 10.7. The summed E-state index contributed by atoms with van der Waals surface area (Å²) in [7, 11) is 1.50. The SMILES string of the molecule is CCOc1c(Br)cc(C(=O)NCCNC(=O)Cc2ccc(F)cc2)cc1OC. The lowest BCUT2D eigenvalue weighted by molar-refractivity contribution is -0.120. The summed E-state index contributed by atoms with van der Waals surface area (Å²) < 4.78 is 24.3. The fraction of sp³-hybridized carbons (Fsp3) is 0.300. The van der Waals surface area contributed by atoms with Crippen molar-refractivity contribution in [2.75, 3.05) is 26.8 Å². The van der Waals surface area contributed by atoms with Gasteiger partial charge in [0, 0.05) is 18.7 Å². The van der Waals surface area contributed by atoms with Crippen LogP contribution in [0.1, 0.15) is 22.8 Å². The average molecular weight is 453 g/mol. The van der Waals surface area contributed by atoms with E-state index in [0.29, 0.717) is 33.7 Å². The van der Waals surface area contributed by atoms with Crippen molar-refractivity contribution >= 4 is 27.7 Å². The van der Waals surface area contributed by atoms with E-state index in [1.165, 1.54) is 19.2 Å². The van der Waals surface area contributed by atoms with Crippen LogP contribution < -0.4 is 20.1 Å². The van der Waals surface area contributed by atoms with Gasteiger partial charge in [-0.3, -0.25) is 9.59 Å². The number of halogens is 2. The highest BCUT2D eigenvalue weighted by atomic mass is 79.9. The maximum Gasteiger partial charge on any atom is 0.251 e. The zero-order chi connectivity index (χ0) is 20.5. The van der Waals surface area contributed by atoms with Crippen LogP contribution in [0.4, 0.5) is 4.39 Å². The molecule has 0 aliphatic heterocycles. The van der Waals surface area contributed by atoms with Gasteiger partial charge in [0.05, 0.1) is 24.6 Å². The Morgan fingerprint density at radius 3 is 2.43 bits per heavy atom. The number of hydrogen-bond donors (Lipinski definition) is 2. The van der Waals surface area contributed by atoms with E-state index in [4.69, 9.17) is 9.47 Å². The molecule has 8 heteroatoms. The van der Waals surface area contributed by atoms with Gasteiger partial charge in [0.2, 0.25) is 5.91 Å². The van der Waals surface area contributed by atoms with Crippen LogP contribution in [0.15, 0.2) is 40.9 Å². The van der Waals surface area contributed by atoms with Gasteiger partial charge in [-0.2, -0.15) is 0 Å². The number of hydrogen-bond acceptors (Lipinski definition) is 4. The van der Waals surface area contributed by atoms with Gasteiger partial charge in [0.25, 0.3) is 5.91 Å². The molecule has 0 aliphatic carbocycles. The highest BCUT2D eigenvalue weighted by Gasteiger charge is 2.15. The smallest absolute Gasteiger partial charge is 0.251 e. The fourth-order valence-electron chi connectivity index (χ4n) is 2.47. The van der Waals surface area contributed by atoms with Crippen molar-refractivity contribution in [3.8, 4) is 11.5 Å². The van der Waals surface area contributed by atoms with Gasteiger partial charge < -0.3 is 20.1 Å². The van der Waals surface area contributed by atoms with Crippen molar-refractivity contribution in [3.05, 3.63) is 57.8 Å². The molecule has 6 nitrogen and oxygen atoms in total. The zero-order valence-electron chi connectivity index (χ0n) is 15.7. The van der Waals surface area contributed by atoms with Crippen LogP contribution in [-0.2, 0) is 11.2 Å². The maximum absolute atomic E-state index is 12.9. The van der Waals surface area contributed by atoms with Crippen molar-refractivity contribution in [2.24, 2.45) is 0 Å². The Hall–Kier alpha value is -2.61. The molecule has 0 atom stereocenters. The Balaban J connectivity index is 1.82. The topological polar surface area (TPSA) is 76.7 Å². The van der Waals surface area contributed by atoms with Crippen LogP contribution >= 0.6 is 15.9 Å². The van der Waals surface area contributed by atoms with Crippen LogP contribution in [0.5, 0.6) is 11.5 Å². The van der Waals surface area contributed by atoms with Gasteiger partial charge in [0.15, 0.2) is 11.5 Å². The number of benzene rings is 2. The van der Waals surface area contributed by atoms with Gasteiger partial charge in [-0.25, -0.2) is 4.39 Å². The first-order valence-corrected chi connectivity index (χ1v) is 9.53. The molecule has 2 N–H and O–H groups in total. The van der Waals surface area contributed by atoms with Crippen molar-refractivity contribution in [3.63, 3.8) is 0 Å². The Morgan fingerprint density at radius 2 is 1.79 bits per heavy atom. The fourth-order valence-corrected chi connectivity index (χ4v) is 3.02. The van der Waals surface area contributed by atoms with E-state index < -0.39 is 0 Å². The molecule has 0 saturated heterocycles. The molecule has 28 heavy (non-hydrogen) atoms. The summed E-state index contributed by atoms with van der Waals surface area (Å²) in [5.74, 6) is 0.147. The standard InChI is InChI=1S/C20H22BrFN2O4/c1-3-28-19-16(21)11-14(12-17(19)27-2)20(26)24-9-8-23-18(25)10-13-4-6-15(22)7-5-13/h4-7,11-12H,3,8-10H2,1-2H3,(H,23,25)(H,24,26). The molecular weight excluding hydrogens is 431 g/mol. The molecule has 0 fully saturated rings. The van der Waals surface area contributed by atoms with E-state index in [1.54, 1.807) is 24.3 Å². The van der Waals surface area contributed by atoms with Crippen LogP contribution in [0, 0.1) is 5.82 Å². The van der Waals surface area contributed by atoms with E-state index in [9.17, 15) is 14.0 Å². The van der Waals surface area contributed by atoms with Crippen LogP contribution in [-0.4, -0.2) is 38.6 Å². The van der Waals surface area contributed by atoms with Crippen molar-refractivity contribution < 1.29 is 23.5 Å². The van der Waals surface area contributed by atoms with Gasteiger partial charge >= 0.3 is 0 Å². The number of carbonyl (C=O) groups is 2. The highest BCUT2D eigenvalue weighted by molar-refractivity contribution is 9.10. The molecule has 0 spiro atoms. The molecule has 0 bridgehead atoms. The van der Waals surface area contributed by atoms with Gasteiger partial charge in [-0.1, -0.05) is 12.1 Å². The third-order valence-corrected chi connectivity index (χ3v) is 4.38. The average Bonchev–Trinajstić information content (AvgIpc) is 2.68. The number of rotatable bonds is 9.